The van der Waals surface area contributed by atoms with Gasteiger partial charge in [-0.05, 0) is 42.9 Å². The highest BCUT2D eigenvalue weighted by Crippen LogP contribution is 2.28. The van der Waals surface area contributed by atoms with Gasteiger partial charge in [0.2, 0.25) is 0 Å². The lowest BCUT2D eigenvalue weighted by atomic mass is 10.1. The maximum absolute atomic E-state index is 10.7. The molecule has 1 amide bonds. The molecule has 0 saturated heterocycles. The number of hydrogen-bond acceptors (Lipinski definition) is 4. The predicted octanol–water partition coefficient (Wildman–Crippen LogP) is 1.64. The second-order valence-electron chi connectivity index (χ2n) is 6.56. The van der Waals surface area contributed by atoms with Crippen molar-refractivity contribution in [1.82, 2.24) is 10.2 Å². The van der Waals surface area contributed by atoms with Gasteiger partial charge in [-0.25, -0.2) is 0 Å². The van der Waals surface area contributed by atoms with Crippen LogP contribution in [0.25, 0.3) is 0 Å². The molecule has 0 atom stereocenters. The summed E-state index contributed by atoms with van der Waals surface area (Å²) in [5, 5.41) is 3.36. The Morgan fingerprint density at radius 1 is 1.33 bits per heavy atom. The van der Waals surface area contributed by atoms with Crippen molar-refractivity contribution in [3.05, 3.63) is 29.8 Å². The average Bonchev–Trinajstić information content (AvgIpc) is 3.46. The topological polar surface area (TPSA) is 89.2 Å². The van der Waals surface area contributed by atoms with E-state index in [1.54, 1.807) is 7.05 Å². The molecule has 2 rings (SSSR count). The number of amides is 1. The number of ether oxygens (including phenoxy) is 2. The number of primary amides is 1. The van der Waals surface area contributed by atoms with Gasteiger partial charge >= 0.3 is 0 Å². The maximum atomic E-state index is 10.7. The number of guanidine groups is 1. The Kier molecular flexibility index (Phi) is 11.1. The summed E-state index contributed by atoms with van der Waals surface area (Å²) in [6.07, 6.45) is 3.50. The van der Waals surface area contributed by atoms with E-state index in [0.29, 0.717) is 5.75 Å². The van der Waals surface area contributed by atoms with E-state index >= 15 is 0 Å². The van der Waals surface area contributed by atoms with Crippen molar-refractivity contribution < 1.29 is 14.3 Å². The molecule has 0 spiro atoms. The van der Waals surface area contributed by atoms with Crippen molar-refractivity contribution in [1.29, 1.82) is 0 Å². The lowest BCUT2D eigenvalue weighted by Gasteiger charge is -2.22. The molecule has 1 aliphatic rings. The van der Waals surface area contributed by atoms with Crippen molar-refractivity contribution in [2.24, 2.45) is 16.6 Å². The number of hydrogen-bond donors (Lipinski definition) is 2. The van der Waals surface area contributed by atoms with Crippen LogP contribution in [0.15, 0.2) is 29.3 Å². The van der Waals surface area contributed by atoms with Gasteiger partial charge in [0.1, 0.15) is 5.75 Å². The fraction of sp³-hybridized carbons (Fsp3) is 0.579. The van der Waals surface area contributed by atoms with Crippen molar-refractivity contribution in [2.75, 3.05) is 47.0 Å². The van der Waals surface area contributed by atoms with E-state index in [1.165, 1.54) is 18.4 Å². The Hall–Kier alpha value is -1.55. The number of carbonyl (C=O) groups excluding carboxylic acids is 1. The molecule has 27 heavy (non-hydrogen) atoms. The second-order valence-corrected chi connectivity index (χ2v) is 6.56. The van der Waals surface area contributed by atoms with Crippen LogP contribution in [0, 0.1) is 5.92 Å². The predicted molar refractivity (Wildman–Crippen MR) is 118 cm³/mol. The van der Waals surface area contributed by atoms with Gasteiger partial charge < -0.3 is 25.4 Å². The van der Waals surface area contributed by atoms with Gasteiger partial charge in [-0.3, -0.25) is 9.79 Å². The molecule has 1 aliphatic carbocycles. The van der Waals surface area contributed by atoms with Gasteiger partial charge in [0.15, 0.2) is 12.6 Å². The Morgan fingerprint density at radius 3 is 2.63 bits per heavy atom. The average molecular weight is 490 g/mol. The van der Waals surface area contributed by atoms with E-state index < -0.39 is 5.91 Å². The van der Waals surface area contributed by atoms with Crippen molar-refractivity contribution >= 4 is 35.8 Å². The molecular weight excluding hydrogens is 459 g/mol. The molecule has 0 unspecified atom stereocenters. The van der Waals surface area contributed by atoms with Crippen LogP contribution in [-0.2, 0) is 16.0 Å². The number of halogens is 1. The second kappa shape index (κ2) is 12.8. The van der Waals surface area contributed by atoms with Crippen LogP contribution < -0.4 is 15.8 Å². The first-order chi connectivity index (χ1) is 12.6. The molecule has 0 bridgehead atoms. The lowest BCUT2D eigenvalue weighted by Crippen LogP contribution is -2.41. The number of nitrogens with zero attached hydrogens (tertiary/aromatic N) is 2. The van der Waals surface area contributed by atoms with Crippen molar-refractivity contribution in [3.8, 4) is 5.75 Å². The first-order valence-corrected chi connectivity index (χ1v) is 9.08. The summed E-state index contributed by atoms with van der Waals surface area (Å²) in [6, 6.07) is 7.65. The van der Waals surface area contributed by atoms with Crippen LogP contribution in [0.3, 0.4) is 0 Å². The zero-order valence-electron chi connectivity index (χ0n) is 16.1. The van der Waals surface area contributed by atoms with Gasteiger partial charge in [0, 0.05) is 33.8 Å². The smallest absolute Gasteiger partial charge is 0.255 e. The molecule has 0 aliphatic heterocycles. The third kappa shape index (κ3) is 9.81. The summed E-state index contributed by atoms with van der Waals surface area (Å²) in [7, 11) is 3.80. The zero-order valence-corrected chi connectivity index (χ0v) is 18.5. The third-order valence-corrected chi connectivity index (χ3v) is 4.20. The molecule has 1 aromatic carbocycles. The van der Waals surface area contributed by atoms with Crippen LogP contribution in [0.5, 0.6) is 5.75 Å². The minimum absolute atomic E-state index is 0. The number of benzene rings is 1. The number of aliphatic imine (C=N–C) groups is 1. The SMILES string of the molecule is CN=C(NCCc1ccc(OCC(N)=O)cc1)N(C)CCOCC1CC1.I. The lowest BCUT2D eigenvalue weighted by molar-refractivity contribution is -0.119. The molecule has 7 nitrogen and oxygen atoms in total. The van der Waals surface area contributed by atoms with Crippen LogP contribution in [-0.4, -0.2) is 63.8 Å². The monoisotopic (exact) mass is 490 g/mol. The van der Waals surface area contributed by atoms with E-state index in [0.717, 1.165) is 44.6 Å². The summed E-state index contributed by atoms with van der Waals surface area (Å²) >= 11 is 0. The van der Waals surface area contributed by atoms with Gasteiger partial charge in [0.25, 0.3) is 5.91 Å². The summed E-state index contributed by atoms with van der Waals surface area (Å²) in [4.78, 5) is 17.1. The highest BCUT2D eigenvalue weighted by Gasteiger charge is 2.21. The summed E-state index contributed by atoms with van der Waals surface area (Å²) in [6.45, 7) is 3.10. The number of carbonyl (C=O) groups is 1. The van der Waals surface area contributed by atoms with E-state index in [2.05, 4.69) is 15.2 Å². The normalized spacial score (nSPS) is 13.6. The van der Waals surface area contributed by atoms with Gasteiger partial charge in [-0.2, -0.15) is 0 Å². The molecule has 152 valence electrons. The third-order valence-electron chi connectivity index (χ3n) is 4.20. The quantitative estimate of drug-likeness (QED) is 0.213. The number of rotatable bonds is 11. The molecule has 3 N–H and O–H groups in total. The fourth-order valence-electron chi connectivity index (χ4n) is 2.45. The summed E-state index contributed by atoms with van der Waals surface area (Å²) in [5.74, 6) is 1.82. The van der Waals surface area contributed by atoms with E-state index in [9.17, 15) is 4.79 Å². The van der Waals surface area contributed by atoms with Crippen molar-refractivity contribution in [3.63, 3.8) is 0 Å². The van der Waals surface area contributed by atoms with E-state index in [4.69, 9.17) is 15.2 Å². The van der Waals surface area contributed by atoms with Crippen LogP contribution >= 0.6 is 24.0 Å². The van der Waals surface area contributed by atoms with Crippen LogP contribution in [0.4, 0.5) is 0 Å². The zero-order chi connectivity index (χ0) is 18.8. The van der Waals surface area contributed by atoms with E-state index in [1.807, 2.05) is 31.3 Å². The molecule has 0 heterocycles. The first kappa shape index (κ1) is 23.5. The number of nitrogens with one attached hydrogen (secondary N) is 1. The van der Waals surface area contributed by atoms with Crippen molar-refractivity contribution in [2.45, 2.75) is 19.3 Å². The molecule has 1 saturated carbocycles. The van der Waals surface area contributed by atoms with Gasteiger partial charge in [-0.1, -0.05) is 12.1 Å². The Balaban J connectivity index is 0.00000364. The van der Waals surface area contributed by atoms with Gasteiger partial charge in [0.05, 0.1) is 6.61 Å². The Bertz CT molecular complexity index is 591. The molecule has 8 heteroatoms. The summed E-state index contributed by atoms with van der Waals surface area (Å²) < 4.78 is 10.9. The molecular formula is C19H31IN4O3. The standard InChI is InChI=1S/C19H30N4O3.HI/c1-21-19(23(2)11-12-25-13-16-3-4-16)22-10-9-15-5-7-17(8-6-15)26-14-18(20)24;/h5-8,16H,3-4,9-14H2,1-2H3,(H2,20,24)(H,21,22);1H. The van der Waals surface area contributed by atoms with Gasteiger partial charge in [-0.15, -0.1) is 24.0 Å². The number of likely N-dealkylation sites (N-methyl/N-ethyl adjacent to an activating group) is 1. The Morgan fingerprint density at radius 2 is 2.04 bits per heavy atom. The van der Waals surface area contributed by atoms with E-state index in [-0.39, 0.29) is 30.6 Å². The molecule has 1 aromatic rings. The Labute approximate surface area is 178 Å². The minimum Gasteiger partial charge on any atom is -0.484 e. The maximum Gasteiger partial charge on any atom is 0.255 e. The van der Waals surface area contributed by atoms with Crippen LogP contribution in [0.2, 0.25) is 0 Å². The highest BCUT2D eigenvalue weighted by molar-refractivity contribution is 14.0. The summed E-state index contributed by atoms with van der Waals surface area (Å²) in [5.41, 5.74) is 6.24. The first-order valence-electron chi connectivity index (χ1n) is 9.08. The van der Waals surface area contributed by atoms with Crippen LogP contribution in [0.1, 0.15) is 18.4 Å². The minimum atomic E-state index is -0.480. The number of nitrogens with two attached hydrogens (primary N) is 1. The molecule has 0 radical (unpaired) electrons. The largest absolute Gasteiger partial charge is 0.484 e. The molecule has 0 aromatic heterocycles. The fourth-order valence-corrected chi connectivity index (χ4v) is 2.45. The highest BCUT2D eigenvalue weighted by atomic mass is 127. The molecule has 1 fully saturated rings.